The number of piperidine rings is 1. The number of halogens is 3. The summed E-state index contributed by atoms with van der Waals surface area (Å²) in [5.41, 5.74) is 2.35. The minimum absolute atomic E-state index is 0.00641. The van der Waals surface area contributed by atoms with Crippen molar-refractivity contribution in [3.8, 4) is 0 Å². The van der Waals surface area contributed by atoms with E-state index in [0.29, 0.717) is 23.3 Å². The van der Waals surface area contributed by atoms with E-state index in [4.69, 9.17) is 0 Å². The van der Waals surface area contributed by atoms with Crippen molar-refractivity contribution in [2.75, 3.05) is 29.9 Å². The van der Waals surface area contributed by atoms with Gasteiger partial charge in [-0.1, -0.05) is 12.1 Å². The molecule has 0 spiro atoms. The van der Waals surface area contributed by atoms with Gasteiger partial charge in [-0.25, -0.2) is 22.7 Å². The fourth-order valence-electron chi connectivity index (χ4n) is 6.34. The van der Waals surface area contributed by atoms with E-state index in [-0.39, 0.29) is 35.7 Å². The Morgan fingerprint density at radius 3 is 2.47 bits per heavy atom. The number of aromatic nitrogens is 3. The van der Waals surface area contributed by atoms with Crippen LogP contribution in [0, 0.1) is 17.6 Å². The third-order valence-corrected chi connectivity index (χ3v) is 8.83. The summed E-state index contributed by atoms with van der Waals surface area (Å²) in [5.74, 6) is -0.361. The maximum Gasteiger partial charge on any atom is 0.261 e. The number of nitrogens with zero attached hydrogens (tertiary/aromatic N) is 5. The number of likely N-dealkylation sites (tertiary alicyclic amines) is 1. The van der Waals surface area contributed by atoms with Gasteiger partial charge in [0.25, 0.3) is 5.91 Å². The quantitative estimate of drug-likeness (QED) is 0.314. The summed E-state index contributed by atoms with van der Waals surface area (Å²) in [5, 5.41) is 7.14. The van der Waals surface area contributed by atoms with Crippen LogP contribution in [0.15, 0.2) is 60.9 Å². The third kappa shape index (κ3) is 5.44. The monoisotopic (exact) mass is 588 g/mol. The maximum atomic E-state index is 14.6. The summed E-state index contributed by atoms with van der Waals surface area (Å²) in [4.78, 5) is 33.8. The highest BCUT2D eigenvalue weighted by Crippen LogP contribution is 2.38. The Hall–Kier alpha value is -4.41. The number of benzene rings is 2. The van der Waals surface area contributed by atoms with E-state index >= 15 is 0 Å². The second kappa shape index (κ2) is 11.0. The van der Waals surface area contributed by atoms with Crippen LogP contribution in [-0.2, 0) is 4.79 Å². The molecule has 8 nitrogen and oxygen atoms in total. The zero-order valence-electron chi connectivity index (χ0n) is 23.4. The van der Waals surface area contributed by atoms with Crippen molar-refractivity contribution in [2.24, 2.45) is 5.92 Å². The number of alkyl halides is 1. The van der Waals surface area contributed by atoms with Crippen molar-refractivity contribution < 1.29 is 22.8 Å². The summed E-state index contributed by atoms with van der Waals surface area (Å²) in [6.07, 6.45) is 5.66. The average Bonchev–Trinajstić information content (AvgIpc) is 3.67. The predicted octanol–water partition coefficient (Wildman–Crippen LogP) is 5.67. The van der Waals surface area contributed by atoms with E-state index in [0.717, 1.165) is 57.0 Å². The average molecular weight is 589 g/mol. The standard InChI is InChI=1S/C32H31F3N6O2/c33-22-5-8-27(35)25(15-22)28-16-23(34)18-40(28)29-11-14-41-30(38-29)26(17-36-41)31(42)37-24-6-3-19(4-7-24)20-9-12-39(13-10-20)32(43)21-1-2-21/h3-8,11,14-15,17,20-21,23,28H,1-2,9-10,12-13,16,18H2,(H,37,42)/t23-,28+/m0/s1. The van der Waals surface area contributed by atoms with Crippen molar-refractivity contribution >= 4 is 29.0 Å². The number of carbonyl (C=O) groups is 2. The first kappa shape index (κ1) is 27.4. The van der Waals surface area contributed by atoms with E-state index < -0.39 is 29.8 Å². The lowest BCUT2D eigenvalue weighted by Gasteiger charge is -2.32. The molecule has 2 aliphatic heterocycles. The second-order valence-corrected chi connectivity index (χ2v) is 11.7. The summed E-state index contributed by atoms with van der Waals surface area (Å²) in [7, 11) is 0. The first-order valence-corrected chi connectivity index (χ1v) is 14.7. The molecule has 0 bridgehead atoms. The number of anilines is 2. The number of carbonyl (C=O) groups excluding carboxylic acids is 2. The molecule has 222 valence electrons. The molecule has 4 heterocycles. The Morgan fingerprint density at radius 1 is 0.953 bits per heavy atom. The minimum Gasteiger partial charge on any atom is -0.346 e. The summed E-state index contributed by atoms with van der Waals surface area (Å²) in [6, 6.07) is 11.8. The second-order valence-electron chi connectivity index (χ2n) is 11.7. The van der Waals surface area contributed by atoms with Crippen LogP contribution >= 0.6 is 0 Å². The number of nitrogens with one attached hydrogen (secondary N) is 1. The predicted molar refractivity (Wildman–Crippen MR) is 155 cm³/mol. The molecule has 43 heavy (non-hydrogen) atoms. The van der Waals surface area contributed by atoms with Gasteiger partial charge in [-0.15, -0.1) is 0 Å². The van der Waals surface area contributed by atoms with Crippen LogP contribution in [0.4, 0.5) is 24.7 Å². The summed E-state index contributed by atoms with van der Waals surface area (Å²) in [6.45, 7) is 1.52. The molecular formula is C32H31F3N6O2. The van der Waals surface area contributed by atoms with Gasteiger partial charge in [0.05, 0.1) is 18.8 Å². The molecule has 3 aliphatic rings. The van der Waals surface area contributed by atoms with Crippen LogP contribution in [0.3, 0.4) is 0 Å². The molecule has 11 heteroatoms. The summed E-state index contributed by atoms with van der Waals surface area (Å²) >= 11 is 0. The molecule has 2 aromatic heterocycles. The minimum atomic E-state index is -1.25. The molecule has 2 amide bonds. The number of hydrogen-bond donors (Lipinski definition) is 1. The van der Waals surface area contributed by atoms with Gasteiger partial charge in [0.2, 0.25) is 5.91 Å². The molecule has 2 saturated heterocycles. The maximum absolute atomic E-state index is 14.6. The largest absolute Gasteiger partial charge is 0.346 e. The van der Waals surface area contributed by atoms with Crippen LogP contribution in [0.1, 0.15) is 65.5 Å². The molecule has 7 rings (SSSR count). The SMILES string of the molecule is O=C(Nc1ccc(C2CCN(C(=O)C3CC3)CC2)cc1)c1cnn2ccc(N3C[C@@H](F)C[C@@H]3c3cc(F)ccc3F)nc12. The van der Waals surface area contributed by atoms with Crippen molar-refractivity contribution in [3.05, 3.63) is 89.2 Å². The van der Waals surface area contributed by atoms with Gasteiger partial charge in [-0.2, -0.15) is 5.10 Å². The number of rotatable bonds is 6. The van der Waals surface area contributed by atoms with Crippen molar-refractivity contribution in [3.63, 3.8) is 0 Å². The Balaban J connectivity index is 1.06. The lowest BCUT2D eigenvalue weighted by Crippen LogP contribution is -2.38. The van der Waals surface area contributed by atoms with Crippen LogP contribution in [-0.4, -0.2) is 57.1 Å². The molecule has 3 fully saturated rings. The molecular weight excluding hydrogens is 557 g/mol. The lowest BCUT2D eigenvalue weighted by molar-refractivity contribution is -0.133. The molecule has 4 aromatic rings. The van der Waals surface area contributed by atoms with E-state index in [1.54, 1.807) is 17.2 Å². The Kier molecular flexibility index (Phi) is 7.03. The fraction of sp³-hybridized carbons (Fsp3) is 0.375. The van der Waals surface area contributed by atoms with Crippen molar-refractivity contribution in [1.82, 2.24) is 19.5 Å². The fourth-order valence-corrected chi connectivity index (χ4v) is 6.34. The topological polar surface area (TPSA) is 82.8 Å². The normalized spacial score (nSPS) is 21.0. The molecule has 2 aromatic carbocycles. The molecule has 2 atom stereocenters. The Morgan fingerprint density at radius 2 is 1.72 bits per heavy atom. The molecule has 1 saturated carbocycles. The van der Waals surface area contributed by atoms with Gasteiger partial charge in [0.1, 0.15) is 29.2 Å². The highest BCUT2D eigenvalue weighted by Gasteiger charge is 2.37. The number of fused-ring (bicyclic) bond motifs is 1. The van der Waals surface area contributed by atoms with E-state index in [1.165, 1.54) is 16.3 Å². The van der Waals surface area contributed by atoms with Crippen LogP contribution in [0.2, 0.25) is 0 Å². The van der Waals surface area contributed by atoms with Crippen molar-refractivity contribution in [2.45, 2.75) is 50.2 Å². The highest BCUT2D eigenvalue weighted by atomic mass is 19.1. The number of amides is 2. The molecule has 0 unspecified atom stereocenters. The third-order valence-electron chi connectivity index (χ3n) is 8.83. The first-order valence-electron chi connectivity index (χ1n) is 14.7. The van der Waals surface area contributed by atoms with Gasteiger partial charge in [0.15, 0.2) is 5.65 Å². The molecule has 0 radical (unpaired) electrons. The van der Waals surface area contributed by atoms with Crippen LogP contribution in [0.5, 0.6) is 0 Å². The zero-order chi connectivity index (χ0) is 29.7. The van der Waals surface area contributed by atoms with Crippen LogP contribution in [0.25, 0.3) is 5.65 Å². The van der Waals surface area contributed by atoms with Gasteiger partial charge < -0.3 is 15.1 Å². The van der Waals surface area contributed by atoms with Crippen molar-refractivity contribution in [1.29, 1.82) is 0 Å². The molecule has 1 aliphatic carbocycles. The van der Waals surface area contributed by atoms with E-state index in [1.807, 2.05) is 29.2 Å². The lowest BCUT2D eigenvalue weighted by atomic mass is 9.89. The van der Waals surface area contributed by atoms with Gasteiger partial charge >= 0.3 is 0 Å². The highest BCUT2D eigenvalue weighted by molar-refractivity contribution is 6.08. The van der Waals surface area contributed by atoms with Gasteiger partial charge in [-0.3, -0.25) is 9.59 Å². The van der Waals surface area contributed by atoms with E-state index in [2.05, 4.69) is 15.4 Å². The smallest absolute Gasteiger partial charge is 0.261 e. The number of hydrogen-bond acceptors (Lipinski definition) is 5. The van der Waals surface area contributed by atoms with E-state index in [9.17, 15) is 22.8 Å². The van der Waals surface area contributed by atoms with Crippen LogP contribution < -0.4 is 10.2 Å². The zero-order valence-corrected chi connectivity index (χ0v) is 23.4. The Labute approximate surface area is 246 Å². The Bertz CT molecular complexity index is 1680. The molecule has 1 N–H and O–H groups in total. The first-order chi connectivity index (χ1) is 20.8. The van der Waals surface area contributed by atoms with Gasteiger partial charge in [0, 0.05) is 42.9 Å². The van der Waals surface area contributed by atoms with Gasteiger partial charge in [-0.05, 0) is 73.6 Å². The summed E-state index contributed by atoms with van der Waals surface area (Å²) < 4.78 is 44.6.